The van der Waals surface area contributed by atoms with Crippen molar-refractivity contribution in [1.82, 2.24) is 5.32 Å². The zero-order valence-corrected chi connectivity index (χ0v) is 14.5. The second kappa shape index (κ2) is 9.64. The molecule has 1 rings (SSSR count). The number of nitrogens with one attached hydrogen (secondary N) is 1. The molecule has 120 valence electrons. The second-order valence-corrected chi connectivity index (χ2v) is 7.31. The molecule has 21 heavy (non-hydrogen) atoms. The molecule has 0 aliphatic carbocycles. The molecule has 0 aliphatic heterocycles. The Hall–Kier alpha value is -0.330. The molecule has 0 spiro atoms. The SMILES string of the molecule is CC(CCS(C)=O)NCC(O)COc1ccc(Cl)cc1Cl. The minimum atomic E-state index is -0.786. The van der Waals surface area contributed by atoms with Crippen LogP contribution in [0.25, 0.3) is 0 Å². The van der Waals surface area contributed by atoms with Crippen LogP contribution >= 0.6 is 23.2 Å². The van der Waals surface area contributed by atoms with Crippen LogP contribution in [0.5, 0.6) is 5.75 Å². The van der Waals surface area contributed by atoms with Crippen LogP contribution in [-0.2, 0) is 10.8 Å². The lowest BCUT2D eigenvalue weighted by Gasteiger charge is -2.17. The van der Waals surface area contributed by atoms with Gasteiger partial charge in [0, 0.05) is 40.4 Å². The summed E-state index contributed by atoms with van der Waals surface area (Å²) in [5, 5.41) is 14.0. The van der Waals surface area contributed by atoms with Crippen molar-refractivity contribution < 1.29 is 14.1 Å². The smallest absolute Gasteiger partial charge is 0.138 e. The van der Waals surface area contributed by atoms with Crippen LogP contribution in [0.15, 0.2) is 18.2 Å². The third-order valence-electron chi connectivity index (χ3n) is 2.87. The van der Waals surface area contributed by atoms with Gasteiger partial charge in [-0.3, -0.25) is 4.21 Å². The number of hydrogen-bond donors (Lipinski definition) is 2. The van der Waals surface area contributed by atoms with Gasteiger partial charge < -0.3 is 15.2 Å². The van der Waals surface area contributed by atoms with E-state index in [2.05, 4.69) is 5.32 Å². The van der Waals surface area contributed by atoms with Crippen LogP contribution in [0.1, 0.15) is 13.3 Å². The first-order valence-electron chi connectivity index (χ1n) is 6.67. The second-order valence-electron chi connectivity index (χ2n) is 4.91. The van der Waals surface area contributed by atoms with Crippen molar-refractivity contribution >= 4 is 34.0 Å². The number of hydrogen-bond acceptors (Lipinski definition) is 4. The van der Waals surface area contributed by atoms with Gasteiger partial charge in [0.25, 0.3) is 0 Å². The molecule has 0 bridgehead atoms. The van der Waals surface area contributed by atoms with Crippen LogP contribution < -0.4 is 10.1 Å². The summed E-state index contributed by atoms with van der Waals surface area (Å²) in [6, 6.07) is 5.14. The molecule has 2 N–H and O–H groups in total. The number of halogens is 2. The van der Waals surface area contributed by atoms with E-state index in [0.29, 0.717) is 28.1 Å². The van der Waals surface area contributed by atoms with Gasteiger partial charge in [-0.05, 0) is 31.5 Å². The first kappa shape index (κ1) is 18.7. The summed E-state index contributed by atoms with van der Waals surface area (Å²) in [4.78, 5) is 0. The van der Waals surface area contributed by atoms with Gasteiger partial charge in [0.2, 0.25) is 0 Å². The summed E-state index contributed by atoms with van der Waals surface area (Å²) in [6.07, 6.45) is 1.84. The highest BCUT2D eigenvalue weighted by molar-refractivity contribution is 7.84. The quantitative estimate of drug-likeness (QED) is 0.715. The molecule has 0 saturated carbocycles. The van der Waals surface area contributed by atoms with Crippen molar-refractivity contribution in [2.75, 3.05) is 25.2 Å². The molecule has 0 fully saturated rings. The zero-order chi connectivity index (χ0) is 15.8. The predicted octanol–water partition coefficient (Wildman–Crippen LogP) is 2.48. The molecule has 4 nitrogen and oxygen atoms in total. The Labute approximate surface area is 138 Å². The highest BCUT2D eigenvalue weighted by atomic mass is 35.5. The van der Waals surface area contributed by atoms with Gasteiger partial charge in [0.1, 0.15) is 18.5 Å². The summed E-state index contributed by atoms with van der Waals surface area (Å²) in [5.41, 5.74) is 0. The molecule has 3 unspecified atom stereocenters. The minimum absolute atomic E-state index is 0.140. The average Bonchev–Trinajstić information content (AvgIpc) is 2.41. The van der Waals surface area contributed by atoms with Crippen molar-refractivity contribution in [1.29, 1.82) is 0 Å². The predicted molar refractivity (Wildman–Crippen MR) is 89.0 cm³/mol. The number of benzene rings is 1. The van der Waals surface area contributed by atoms with E-state index in [9.17, 15) is 9.32 Å². The Kier molecular flexibility index (Phi) is 8.59. The molecule has 0 saturated heterocycles. The average molecular weight is 354 g/mol. The van der Waals surface area contributed by atoms with E-state index in [1.165, 1.54) is 0 Å². The molecule has 0 radical (unpaired) electrons. The summed E-state index contributed by atoms with van der Waals surface area (Å²) < 4.78 is 16.4. The topological polar surface area (TPSA) is 58.6 Å². The Morgan fingerprint density at radius 2 is 2.14 bits per heavy atom. The van der Waals surface area contributed by atoms with Gasteiger partial charge in [0.15, 0.2) is 0 Å². The van der Waals surface area contributed by atoms with Gasteiger partial charge in [-0.15, -0.1) is 0 Å². The number of aliphatic hydroxyl groups excluding tert-OH is 1. The fourth-order valence-electron chi connectivity index (χ4n) is 1.62. The van der Waals surface area contributed by atoms with E-state index in [4.69, 9.17) is 27.9 Å². The van der Waals surface area contributed by atoms with E-state index in [0.717, 1.165) is 6.42 Å². The van der Waals surface area contributed by atoms with Gasteiger partial charge in [-0.25, -0.2) is 0 Å². The van der Waals surface area contributed by atoms with Crippen molar-refractivity contribution in [3.63, 3.8) is 0 Å². The van der Waals surface area contributed by atoms with Crippen LogP contribution in [0.4, 0.5) is 0 Å². The Balaban J connectivity index is 2.27. The number of rotatable bonds is 9. The van der Waals surface area contributed by atoms with E-state index >= 15 is 0 Å². The Bertz CT molecular complexity index is 474. The fourth-order valence-corrected chi connectivity index (χ4v) is 2.77. The lowest BCUT2D eigenvalue weighted by molar-refractivity contribution is 0.104. The first-order chi connectivity index (χ1) is 9.88. The maximum absolute atomic E-state index is 11.0. The summed E-state index contributed by atoms with van der Waals surface area (Å²) >= 11 is 11.8. The maximum atomic E-state index is 11.0. The molecule has 0 aromatic heterocycles. The minimum Gasteiger partial charge on any atom is -0.489 e. The normalized spacial score (nSPS) is 15.5. The Morgan fingerprint density at radius 1 is 1.43 bits per heavy atom. The van der Waals surface area contributed by atoms with Crippen LogP contribution in [0, 0.1) is 0 Å². The van der Waals surface area contributed by atoms with E-state index < -0.39 is 16.9 Å². The van der Waals surface area contributed by atoms with Crippen molar-refractivity contribution in [2.45, 2.75) is 25.5 Å². The lowest BCUT2D eigenvalue weighted by Crippen LogP contribution is -2.37. The van der Waals surface area contributed by atoms with Crippen molar-refractivity contribution in [3.05, 3.63) is 28.2 Å². The maximum Gasteiger partial charge on any atom is 0.138 e. The number of ether oxygens (including phenoxy) is 1. The van der Waals surface area contributed by atoms with Gasteiger partial charge in [-0.1, -0.05) is 23.2 Å². The molecule has 0 aliphatic rings. The van der Waals surface area contributed by atoms with Crippen LogP contribution in [0.3, 0.4) is 0 Å². The highest BCUT2D eigenvalue weighted by Gasteiger charge is 2.10. The monoisotopic (exact) mass is 353 g/mol. The van der Waals surface area contributed by atoms with Crippen molar-refractivity contribution in [3.8, 4) is 5.75 Å². The van der Waals surface area contributed by atoms with Crippen LogP contribution in [0.2, 0.25) is 10.0 Å². The summed E-state index contributed by atoms with van der Waals surface area (Å²) in [7, 11) is -0.786. The molecule has 1 aromatic rings. The molecule has 7 heteroatoms. The lowest BCUT2D eigenvalue weighted by atomic mass is 10.2. The first-order valence-corrected chi connectivity index (χ1v) is 9.16. The summed E-state index contributed by atoms with van der Waals surface area (Å²) in [6.45, 7) is 2.54. The summed E-state index contributed by atoms with van der Waals surface area (Å²) in [5.74, 6) is 1.15. The van der Waals surface area contributed by atoms with Gasteiger partial charge in [0.05, 0.1) is 5.02 Å². The largest absolute Gasteiger partial charge is 0.489 e. The Morgan fingerprint density at radius 3 is 2.76 bits per heavy atom. The fraction of sp³-hybridized carbons (Fsp3) is 0.571. The molecule has 1 aromatic carbocycles. The molecular weight excluding hydrogens is 333 g/mol. The number of aliphatic hydroxyl groups is 1. The third-order valence-corrected chi connectivity index (χ3v) is 4.21. The zero-order valence-electron chi connectivity index (χ0n) is 12.1. The van der Waals surface area contributed by atoms with Gasteiger partial charge in [-0.2, -0.15) is 0 Å². The van der Waals surface area contributed by atoms with E-state index in [-0.39, 0.29) is 12.6 Å². The molecular formula is C14H21Cl2NO3S. The molecule has 0 heterocycles. The van der Waals surface area contributed by atoms with Gasteiger partial charge >= 0.3 is 0 Å². The molecule has 0 amide bonds. The van der Waals surface area contributed by atoms with E-state index in [1.807, 2.05) is 6.92 Å². The standard InChI is InChI=1S/C14H21Cl2NO3S/c1-10(5-6-21(2)19)17-8-12(18)9-20-14-4-3-11(15)7-13(14)16/h3-4,7,10,12,17-18H,5-6,8-9H2,1-2H3. The molecule has 3 atom stereocenters. The third kappa shape index (κ3) is 8.02. The highest BCUT2D eigenvalue weighted by Crippen LogP contribution is 2.27. The van der Waals surface area contributed by atoms with Crippen LogP contribution in [-0.4, -0.2) is 46.6 Å². The van der Waals surface area contributed by atoms with Crippen molar-refractivity contribution in [2.24, 2.45) is 0 Å². The van der Waals surface area contributed by atoms with E-state index in [1.54, 1.807) is 24.5 Å².